The van der Waals surface area contributed by atoms with Gasteiger partial charge in [-0.3, -0.25) is 10.1 Å². The highest BCUT2D eigenvalue weighted by atomic mass is 35.5. The molecule has 152 valence electrons. The number of rotatable bonds is 6. The summed E-state index contributed by atoms with van der Waals surface area (Å²) in [6, 6.07) is 3.66. The molecule has 1 unspecified atom stereocenters. The van der Waals surface area contributed by atoms with E-state index >= 15 is 0 Å². The molecule has 2 N–H and O–H groups in total. The van der Waals surface area contributed by atoms with Gasteiger partial charge in [-0.25, -0.2) is 0 Å². The van der Waals surface area contributed by atoms with Crippen molar-refractivity contribution in [1.29, 1.82) is 0 Å². The zero-order valence-electron chi connectivity index (χ0n) is 15.9. The van der Waals surface area contributed by atoms with Crippen molar-refractivity contribution in [3.8, 4) is 0 Å². The summed E-state index contributed by atoms with van der Waals surface area (Å²) >= 11 is 6.28. The summed E-state index contributed by atoms with van der Waals surface area (Å²) in [6.07, 6.45) is -2.36. The van der Waals surface area contributed by atoms with Crippen LogP contribution in [0.1, 0.15) is 30.4 Å². The van der Waals surface area contributed by atoms with Crippen LogP contribution in [-0.4, -0.2) is 56.8 Å². The Kier molecular flexibility index (Phi) is 7.16. The number of aryl methyl sites for hydroxylation is 1. The summed E-state index contributed by atoms with van der Waals surface area (Å²) in [5, 5.41) is 6.44. The number of halogens is 4. The van der Waals surface area contributed by atoms with E-state index in [1.807, 2.05) is 25.1 Å². The smallest absolute Gasteiger partial charge is 0.347 e. The summed E-state index contributed by atoms with van der Waals surface area (Å²) in [5.41, 5.74) is 1.68. The molecule has 8 heteroatoms. The quantitative estimate of drug-likeness (QED) is 0.763. The van der Waals surface area contributed by atoms with E-state index in [4.69, 9.17) is 11.6 Å². The Balaban J connectivity index is 2.16. The summed E-state index contributed by atoms with van der Waals surface area (Å²) in [5.74, 6) is -0.989. The first-order chi connectivity index (χ1) is 12.6. The molecule has 1 saturated heterocycles. The van der Waals surface area contributed by atoms with Gasteiger partial charge in [-0.1, -0.05) is 23.7 Å². The maximum Gasteiger partial charge on any atom is 0.412 e. The Labute approximate surface area is 163 Å². The number of nitrogens with one attached hydrogen (secondary N) is 2. The molecule has 0 saturated carbocycles. The van der Waals surface area contributed by atoms with E-state index in [0.29, 0.717) is 18.0 Å². The summed E-state index contributed by atoms with van der Waals surface area (Å²) in [4.78, 5) is 12.9. The van der Waals surface area contributed by atoms with E-state index in [-0.39, 0.29) is 12.0 Å². The van der Waals surface area contributed by atoms with Crippen molar-refractivity contribution >= 4 is 17.5 Å². The molecule has 2 atom stereocenters. The van der Waals surface area contributed by atoms with Crippen molar-refractivity contribution in [2.75, 3.05) is 33.7 Å². The predicted octanol–water partition coefficient (Wildman–Crippen LogP) is 3.27. The number of hydrogen-bond acceptors (Lipinski definition) is 3. The maximum atomic E-state index is 13.3. The van der Waals surface area contributed by atoms with Gasteiger partial charge in [0.15, 0.2) is 6.04 Å². The molecule has 1 aromatic carbocycles. The minimum atomic E-state index is -4.63. The molecule has 0 aromatic heterocycles. The van der Waals surface area contributed by atoms with Crippen LogP contribution in [0.5, 0.6) is 0 Å². The van der Waals surface area contributed by atoms with Gasteiger partial charge in [0, 0.05) is 31.1 Å². The summed E-state index contributed by atoms with van der Waals surface area (Å²) < 4.78 is 39.8. The molecule has 1 aliphatic heterocycles. The third-order valence-electron chi connectivity index (χ3n) is 5.22. The molecule has 1 amide bonds. The predicted molar refractivity (Wildman–Crippen MR) is 101 cm³/mol. The molecule has 1 fully saturated rings. The molecule has 2 rings (SSSR count). The summed E-state index contributed by atoms with van der Waals surface area (Å²) in [6.45, 7) is 3.56. The second-order valence-corrected chi connectivity index (χ2v) is 7.84. The minimum Gasteiger partial charge on any atom is -0.347 e. The molecule has 27 heavy (non-hydrogen) atoms. The SMILES string of the molecule is Cc1ccc([C@@]2(CCNC(C(=O)N(C)C)C(F)(F)F)CCCNC2)cc1Cl. The lowest BCUT2D eigenvalue weighted by molar-refractivity contribution is -0.174. The highest BCUT2D eigenvalue weighted by Gasteiger charge is 2.45. The third kappa shape index (κ3) is 5.36. The number of nitrogens with zero attached hydrogens (tertiary/aromatic N) is 1. The fourth-order valence-electron chi connectivity index (χ4n) is 3.55. The maximum absolute atomic E-state index is 13.3. The molecule has 4 nitrogen and oxygen atoms in total. The van der Waals surface area contributed by atoms with Crippen molar-refractivity contribution in [2.45, 2.75) is 43.8 Å². The number of amides is 1. The first kappa shape index (κ1) is 22.0. The Morgan fingerprint density at radius 3 is 2.63 bits per heavy atom. The Morgan fingerprint density at radius 1 is 1.41 bits per heavy atom. The topological polar surface area (TPSA) is 44.4 Å². The van der Waals surface area contributed by atoms with E-state index in [1.54, 1.807) is 0 Å². The fourth-order valence-corrected chi connectivity index (χ4v) is 3.73. The number of alkyl halides is 3. The van der Waals surface area contributed by atoms with Crippen molar-refractivity contribution < 1.29 is 18.0 Å². The van der Waals surface area contributed by atoms with Gasteiger partial charge in [-0.05, 0) is 56.5 Å². The standard InChI is InChI=1S/C19H27ClF3N3O/c1-13-5-6-14(11-15(13)20)18(7-4-9-24-12-18)8-10-25-16(19(21,22)23)17(27)26(2)3/h5-6,11,16,24-25H,4,7-10,12H2,1-3H3/t16?,18-/m1/s1. The lowest BCUT2D eigenvalue weighted by atomic mass is 9.72. The molecule has 1 heterocycles. The molecule has 0 radical (unpaired) electrons. The molecular formula is C19H27ClF3N3O. The van der Waals surface area contributed by atoms with Crippen LogP contribution in [0.15, 0.2) is 18.2 Å². The van der Waals surface area contributed by atoms with E-state index in [1.165, 1.54) is 14.1 Å². The zero-order chi connectivity index (χ0) is 20.2. The van der Waals surface area contributed by atoms with Crippen molar-refractivity contribution in [3.63, 3.8) is 0 Å². The van der Waals surface area contributed by atoms with Crippen LogP contribution in [0.25, 0.3) is 0 Å². The number of likely N-dealkylation sites (N-methyl/N-ethyl adjacent to an activating group) is 1. The van der Waals surface area contributed by atoms with Crippen LogP contribution in [0, 0.1) is 6.92 Å². The molecule has 1 aliphatic rings. The second-order valence-electron chi connectivity index (χ2n) is 7.44. The Bertz CT molecular complexity index is 658. The molecule has 0 bridgehead atoms. The lowest BCUT2D eigenvalue weighted by Crippen LogP contribution is -2.54. The van der Waals surface area contributed by atoms with Crippen LogP contribution < -0.4 is 10.6 Å². The van der Waals surface area contributed by atoms with Gasteiger partial charge in [0.1, 0.15) is 0 Å². The van der Waals surface area contributed by atoms with Crippen molar-refractivity contribution in [1.82, 2.24) is 15.5 Å². The van der Waals surface area contributed by atoms with Crippen LogP contribution >= 0.6 is 11.6 Å². The van der Waals surface area contributed by atoms with Gasteiger partial charge >= 0.3 is 6.18 Å². The lowest BCUT2D eigenvalue weighted by Gasteiger charge is -2.39. The highest BCUT2D eigenvalue weighted by Crippen LogP contribution is 2.36. The minimum absolute atomic E-state index is 0.0803. The van der Waals surface area contributed by atoms with Crippen LogP contribution in [0.3, 0.4) is 0 Å². The number of carbonyl (C=O) groups excluding carboxylic acids is 1. The zero-order valence-corrected chi connectivity index (χ0v) is 16.7. The number of piperidine rings is 1. The fraction of sp³-hybridized carbons (Fsp3) is 0.632. The Hall–Kier alpha value is -1.31. The first-order valence-electron chi connectivity index (χ1n) is 9.05. The second kappa shape index (κ2) is 8.80. The van der Waals surface area contributed by atoms with E-state index in [9.17, 15) is 18.0 Å². The van der Waals surface area contributed by atoms with Crippen molar-refractivity contribution in [3.05, 3.63) is 34.3 Å². The van der Waals surface area contributed by atoms with Crippen LogP contribution in [0.2, 0.25) is 5.02 Å². The molecular weight excluding hydrogens is 379 g/mol. The molecule has 0 spiro atoms. The average Bonchev–Trinajstić information content (AvgIpc) is 2.60. The van der Waals surface area contributed by atoms with Crippen LogP contribution in [-0.2, 0) is 10.2 Å². The van der Waals surface area contributed by atoms with Gasteiger partial charge < -0.3 is 10.2 Å². The highest BCUT2D eigenvalue weighted by molar-refractivity contribution is 6.31. The van der Waals surface area contributed by atoms with Gasteiger partial charge in [-0.15, -0.1) is 0 Å². The van der Waals surface area contributed by atoms with Gasteiger partial charge in [0.25, 0.3) is 0 Å². The van der Waals surface area contributed by atoms with Crippen molar-refractivity contribution in [2.24, 2.45) is 0 Å². The van der Waals surface area contributed by atoms with Crippen LogP contribution in [0.4, 0.5) is 13.2 Å². The molecule has 0 aliphatic carbocycles. The summed E-state index contributed by atoms with van der Waals surface area (Å²) in [7, 11) is 2.65. The normalized spacial score (nSPS) is 21.7. The van der Waals surface area contributed by atoms with E-state index in [2.05, 4.69) is 10.6 Å². The molecule has 1 aromatic rings. The largest absolute Gasteiger partial charge is 0.412 e. The van der Waals surface area contributed by atoms with Gasteiger partial charge in [0.05, 0.1) is 0 Å². The Morgan fingerprint density at radius 2 is 2.11 bits per heavy atom. The first-order valence-corrected chi connectivity index (χ1v) is 9.43. The third-order valence-corrected chi connectivity index (χ3v) is 5.63. The number of benzene rings is 1. The van der Waals surface area contributed by atoms with Gasteiger partial charge in [-0.2, -0.15) is 13.2 Å². The number of hydrogen-bond donors (Lipinski definition) is 2. The average molecular weight is 406 g/mol. The van der Waals surface area contributed by atoms with E-state index in [0.717, 1.165) is 35.4 Å². The number of carbonyl (C=O) groups is 1. The van der Waals surface area contributed by atoms with Gasteiger partial charge in [0.2, 0.25) is 5.91 Å². The monoisotopic (exact) mass is 405 g/mol. The van der Waals surface area contributed by atoms with E-state index < -0.39 is 18.1 Å².